The topological polar surface area (TPSA) is 86.0 Å². The number of carbonyl (C=O) groups excluding carboxylic acids is 2. The summed E-state index contributed by atoms with van der Waals surface area (Å²) in [6.07, 6.45) is 4.41. The minimum atomic E-state index is -1.06. The lowest BCUT2D eigenvalue weighted by molar-refractivity contribution is -0.231. The Balaban J connectivity index is 1.74. The molecule has 0 bridgehead atoms. The van der Waals surface area contributed by atoms with Gasteiger partial charge < -0.3 is 19.0 Å². The molecule has 0 aromatic carbocycles. The van der Waals surface area contributed by atoms with Gasteiger partial charge in [-0.1, -0.05) is 6.92 Å². The van der Waals surface area contributed by atoms with Gasteiger partial charge in [0.05, 0.1) is 19.0 Å². The molecule has 1 aromatic rings. The van der Waals surface area contributed by atoms with Crippen LogP contribution in [-0.2, 0) is 25.5 Å². The van der Waals surface area contributed by atoms with Crippen molar-refractivity contribution in [3.8, 4) is 0 Å². The number of aliphatic hydroxyl groups is 1. The summed E-state index contributed by atoms with van der Waals surface area (Å²) in [5.74, 6) is 0.475. The Morgan fingerprint density at radius 1 is 1.29 bits per heavy atom. The van der Waals surface area contributed by atoms with Crippen molar-refractivity contribution in [2.24, 2.45) is 23.2 Å². The molecule has 0 unspecified atom stereocenters. The number of carbonyl (C=O) groups is 2. The highest BCUT2D eigenvalue weighted by atomic mass is 16.6. The van der Waals surface area contributed by atoms with Crippen molar-refractivity contribution in [3.05, 3.63) is 23.7 Å². The maximum Gasteiger partial charge on any atom is 0.315 e. The quantitative estimate of drug-likeness (QED) is 0.781. The number of rotatable bonds is 2. The van der Waals surface area contributed by atoms with E-state index in [1.54, 1.807) is 13.2 Å². The largest absolute Gasteiger partial charge is 0.469 e. The molecule has 7 atom stereocenters. The van der Waals surface area contributed by atoms with Gasteiger partial charge in [-0.15, -0.1) is 0 Å². The highest BCUT2D eigenvalue weighted by Crippen LogP contribution is 2.61. The first-order valence-electron chi connectivity index (χ1n) is 10.3. The second-order valence-electron chi connectivity index (χ2n) is 9.09. The Morgan fingerprint density at radius 2 is 2.04 bits per heavy atom. The standard InChI is InChI=1S/C22H30O6/c1-12-14-5-6-18-21(3,20(24)26-4)19(28-13(2)23)7-9-22(18,25)16(14)11-17-15(12)8-10-27-17/h8,10,12,14,16,18-19,25H,5-7,9,11H2,1-4H3/t12-,14+,16+,18+,19+,21+,22-/m0/s1. The molecule has 0 amide bonds. The van der Waals surface area contributed by atoms with Crippen molar-refractivity contribution < 1.29 is 28.6 Å². The van der Waals surface area contributed by atoms with Crippen LogP contribution >= 0.6 is 0 Å². The average molecular weight is 390 g/mol. The highest BCUT2D eigenvalue weighted by molar-refractivity contribution is 5.79. The molecule has 3 aliphatic carbocycles. The first kappa shape index (κ1) is 19.5. The fraction of sp³-hybridized carbons (Fsp3) is 0.727. The number of esters is 2. The van der Waals surface area contributed by atoms with Crippen LogP contribution in [0.4, 0.5) is 0 Å². The van der Waals surface area contributed by atoms with Gasteiger partial charge in [0, 0.05) is 19.3 Å². The van der Waals surface area contributed by atoms with Gasteiger partial charge in [0.2, 0.25) is 0 Å². The van der Waals surface area contributed by atoms with Gasteiger partial charge in [-0.25, -0.2) is 0 Å². The molecule has 0 spiro atoms. The van der Waals surface area contributed by atoms with Crippen molar-refractivity contribution in [2.45, 2.75) is 70.5 Å². The van der Waals surface area contributed by atoms with Crippen LogP contribution < -0.4 is 0 Å². The van der Waals surface area contributed by atoms with Crippen LogP contribution in [0.1, 0.15) is 63.7 Å². The maximum atomic E-state index is 12.9. The summed E-state index contributed by atoms with van der Waals surface area (Å²) in [6.45, 7) is 5.36. The molecule has 0 radical (unpaired) electrons. The summed E-state index contributed by atoms with van der Waals surface area (Å²) in [5, 5.41) is 12.0. The minimum Gasteiger partial charge on any atom is -0.469 e. The average Bonchev–Trinajstić information content (AvgIpc) is 3.13. The third-order valence-electron chi connectivity index (χ3n) is 8.00. The van der Waals surface area contributed by atoms with Crippen LogP contribution in [0, 0.1) is 23.2 Å². The van der Waals surface area contributed by atoms with Crippen LogP contribution in [0.3, 0.4) is 0 Å². The molecule has 2 fully saturated rings. The van der Waals surface area contributed by atoms with Crippen LogP contribution in [-0.4, -0.2) is 35.9 Å². The lowest BCUT2D eigenvalue weighted by Gasteiger charge is -2.60. The normalized spacial score (nSPS) is 42.0. The van der Waals surface area contributed by atoms with Crippen molar-refractivity contribution in [2.75, 3.05) is 7.11 Å². The number of furan rings is 1. The monoisotopic (exact) mass is 390 g/mol. The molecule has 6 heteroatoms. The van der Waals surface area contributed by atoms with Crippen LogP contribution in [0.5, 0.6) is 0 Å². The van der Waals surface area contributed by atoms with Crippen molar-refractivity contribution in [3.63, 3.8) is 0 Å². The van der Waals surface area contributed by atoms with Crippen molar-refractivity contribution in [1.29, 1.82) is 0 Å². The molecule has 6 nitrogen and oxygen atoms in total. The second kappa shape index (κ2) is 6.61. The summed E-state index contributed by atoms with van der Waals surface area (Å²) < 4.78 is 16.4. The Kier molecular flexibility index (Phi) is 4.60. The number of hydrogen-bond acceptors (Lipinski definition) is 6. The zero-order valence-corrected chi connectivity index (χ0v) is 17.1. The Labute approximate surface area is 165 Å². The molecule has 154 valence electrons. The SMILES string of the molecule is COC(=O)[C@@]1(C)[C@H](OC(C)=O)CC[C@]2(O)[C@@H]3Cc4occc4[C@@H](C)[C@H]3CC[C@@H]21. The molecule has 1 aromatic heterocycles. The zero-order valence-electron chi connectivity index (χ0n) is 17.1. The minimum absolute atomic E-state index is 0.0159. The van der Waals surface area contributed by atoms with Crippen molar-refractivity contribution >= 4 is 11.9 Å². The number of methoxy groups -OCH3 is 1. The van der Waals surface area contributed by atoms with Crippen molar-refractivity contribution in [1.82, 2.24) is 0 Å². The predicted octanol–water partition coefficient (Wildman–Crippen LogP) is 3.22. The molecule has 0 aliphatic heterocycles. The molecule has 28 heavy (non-hydrogen) atoms. The molecule has 4 rings (SSSR count). The van der Waals surface area contributed by atoms with E-state index in [-0.39, 0.29) is 11.8 Å². The van der Waals surface area contributed by atoms with E-state index in [2.05, 4.69) is 6.92 Å². The second-order valence-corrected chi connectivity index (χ2v) is 9.09. The molecule has 1 heterocycles. The zero-order chi connectivity index (χ0) is 20.3. The summed E-state index contributed by atoms with van der Waals surface area (Å²) in [4.78, 5) is 24.6. The van der Waals surface area contributed by atoms with E-state index in [1.807, 2.05) is 6.07 Å². The molecular formula is C22H30O6. The molecule has 1 N–H and O–H groups in total. The third kappa shape index (κ3) is 2.56. The van der Waals surface area contributed by atoms with Gasteiger partial charge in [0.1, 0.15) is 17.3 Å². The summed E-state index contributed by atoms with van der Waals surface area (Å²) in [5.41, 5.74) is -0.834. The summed E-state index contributed by atoms with van der Waals surface area (Å²) in [7, 11) is 1.36. The van der Waals surface area contributed by atoms with E-state index in [4.69, 9.17) is 13.9 Å². The van der Waals surface area contributed by atoms with E-state index in [0.717, 1.165) is 12.2 Å². The number of ether oxygens (including phenoxy) is 2. The van der Waals surface area contributed by atoms with Gasteiger partial charge in [-0.05, 0) is 62.0 Å². The summed E-state index contributed by atoms with van der Waals surface area (Å²) >= 11 is 0. The van der Waals surface area contributed by atoms with Gasteiger partial charge in [0.25, 0.3) is 0 Å². The van der Waals surface area contributed by atoms with E-state index >= 15 is 0 Å². The van der Waals surface area contributed by atoms with Crippen LogP contribution in [0.15, 0.2) is 16.7 Å². The Bertz CT molecular complexity index is 784. The Morgan fingerprint density at radius 3 is 2.71 bits per heavy atom. The lowest BCUT2D eigenvalue weighted by atomic mass is 9.47. The van der Waals surface area contributed by atoms with Crippen LogP contribution in [0.2, 0.25) is 0 Å². The molecule has 3 aliphatic rings. The summed E-state index contributed by atoms with van der Waals surface area (Å²) in [6, 6.07) is 2.04. The lowest BCUT2D eigenvalue weighted by Crippen LogP contribution is -2.66. The molecular weight excluding hydrogens is 360 g/mol. The number of hydrogen-bond donors (Lipinski definition) is 1. The fourth-order valence-corrected chi connectivity index (χ4v) is 6.66. The predicted molar refractivity (Wildman–Crippen MR) is 100 cm³/mol. The van der Waals surface area contributed by atoms with Gasteiger partial charge in [-0.2, -0.15) is 0 Å². The fourth-order valence-electron chi connectivity index (χ4n) is 6.66. The third-order valence-corrected chi connectivity index (χ3v) is 8.00. The van der Waals surface area contributed by atoms with E-state index in [9.17, 15) is 14.7 Å². The number of fused-ring (bicyclic) bond motifs is 4. The van der Waals surface area contributed by atoms with Gasteiger partial charge in [0.15, 0.2) is 0 Å². The van der Waals surface area contributed by atoms with E-state index in [1.165, 1.54) is 19.6 Å². The first-order valence-corrected chi connectivity index (χ1v) is 10.3. The van der Waals surface area contributed by atoms with Crippen LogP contribution in [0.25, 0.3) is 0 Å². The van der Waals surface area contributed by atoms with E-state index in [0.29, 0.717) is 37.5 Å². The molecule has 2 saturated carbocycles. The molecule has 0 saturated heterocycles. The maximum absolute atomic E-state index is 12.9. The Hall–Kier alpha value is -1.82. The smallest absolute Gasteiger partial charge is 0.315 e. The van der Waals surface area contributed by atoms with Gasteiger partial charge >= 0.3 is 11.9 Å². The van der Waals surface area contributed by atoms with E-state index < -0.39 is 29.1 Å². The van der Waals surface area contributed by atoms with Gasteiger partial charge in [-0.3, -0.25) is 9.59 Å². The first-order chi connectivity index (χ1) is 13.2. The highest BCUT2D eigenvalue weighted by Gasteiger charge is 2.66.